The summed E-state index contributed by atoms with van der Waals surface area (Å²) in [5.74, 6) is -0.289. The summed E-state index contributed by atoms with van der Waals surface area (Å²) in [5.41, 5.74) is 1.12. The molecule has 20 heavy (non-hydrogen) atoms. The highest BCUT2D eigenvalue weighted by Gasteiger charge is 2.15. The van der Waals surface area contributed by atoms with Crippen LogP contribution < -0.4 is 10.5 Å². The molecule has 0 atom stereocenters. The minimum absolute atomic E-state index is 0.0431. The molecule has 112 valence electrons. The fourth-order valence-electron chi connectivity index (χ4n) is 1.70. The monoisotopic (exact) mass is 298 g/mol. The van der Waals surface area contributed by atoms with Crippen LogP contribution >= 0.6 is 0 Å². The van der Waals surface area contributed by atoms with E-state index in [1.54, 1.807) is 13.0 Å². The van der Waals surface area contributed by atoms with E-state index < -0.39 is 10.0 Å². The van der Waals surface area contributed by atoms with Gasteiger partial charge in [0.2, 0.25) is 10.0 Å². The van der Waals surface area contributed by atoms with Crippen molar-refractivity contribution in [3.63, 3.8) is 0 Å². The topological polar surface area (TPSA) is 89.3 Å². The molecule has 0 spiro atoms. The van der Waals surface area contributed by atoms with Crippen molar-refractivity contribution in [2.45, 2.75) is 39.0 Å². The quantitative estimate of drug-likeness (QED) is 0.888. The summed E-state index contributed by atoms with van der Waals surface area (Å²) in [7, 11) is -3.81. The van der Waals surface area contributed by atoms with E-state index >= 15 is 0 Å². The fourth-order valence-corrected chi connectivity index (χ4v) is 2.34. The summed E-state index contributed by atoms with van der Waals surface area (Å²) < 4.78 is 22.7. The first-order valence-corrected chi connectivity index (χ1v) is 7.96. The van der Waals surface area contributed by atoms with Crippen LogP contribution in [0.25, 0.3) is 0 Å². The van der Waals surface area contributed by atoms with Crippen molar-refractivity contribution in [2.24, 2.45) is 10.6 Å². The van der Waals surface area contributed by atoms with Gasteiger partial charge in [-0.15, -0.1) is 0 Å². The zero-order valence-electron chi connectivity index (χ0n) is 12.4. The molecule has 0 bridgehead atoms. The Morgan fingerprint density at radius 3 is 2.35 bits per heavy atom. The van der Waals surface area contributed by atoms with Crippen LogP contribution in [0.3, 0.4) is 0 Å². The van der Waals surface area contributed by atoms with E-state index in [9.17, 15) is 13.2 Å². The first-order chi connectivity index (χ1) is 8.99. The lowest BCUT2D eigenvalue weighted by Gasteiger charge is -2.18. The van der Waals surface area contributed by atoms with E-state index in [1.807, 2.05) is 0 Å². The molecule has 6 heteroatoms. The molecule has 1 amide bonds. The van der Waals surface area contributed by atoms with Crippen molar-refractivity contribution in [1.29, 1.82) is 0 Å². The number of nitrogens with one attached hydrogen (secondary N) is 1. The van der Waals surface area contributed by atoms with Gasteiger partial charge >= 0.3 is 0 Å². The molecule has 1 rings (SSSR count). The number of carbonyl (C=O) groups is 1. The van der Waals surface area contributed by atoms with E-state index in [1.165, 1.54) is 12.1 Å². The Morgan fingerprint density at radius 1 is 1.25 bits per heavy atom. The van der Waals surface area contributed by atoms with Crippen LogP contribution in [0.2, 0.25) is 0 Å². The Morgan fingerprint density at radius 2 is 1.85 bits per heavy atom. The van der Waals surface area contributed by atoms with Crippen LogP contribution in [0.5, 0.6) is 0 Å². The second-order valence-electron chi connectivity index (χ2n) is 6.15. The molecule has 0 aliphatic heterocycles. The molecular weight excluding hydrogens is 276 g/mol. The maximum Gasteiger partial charge on any atom is 0.251 e. The zero-order chi connectivity index (χ0) is 15.6. The van der Waals surface area contributed by atoms with Crippen LogP contribution in [-0.4, -0.2) is 20.9 Å². The van der Waals surface area contributed by atoms with Gasteiger partial charge in [-0.05, 0) is 42.5 Å². The standard InChI is InChI=1S/C14H22N2O3S/c1-10-7-11(9-12(8-10)20(15,18)19)13(17)16-6-5-14(2,3)4/h7-9H,5-6H2,1-4H3,(H,16,17)(H2,15,18,19). The molecule has 1 aromatic carbocycles. The molecule has 0 heterocycles. The molecule has 1 aromatic rings. The van der Waals surface area contributed by atoms with E-state index in [4.69, 9.17) is 5.14 Å². The third-order valence-corrected chi connectivity index (χ3v) is 3.69. The number of rotatable bonds is 4. The Balaban J connectivity index is 2.86. The number of hydrogen-bond donors (Lipinski definition) is 2. The van der Waals surface area contributed by atoms with Gasteiger partial charge in [-0.25, -0.2) is 13.6 Å². The number of carbonyl (C=O) groups excluding carboxylic acids is 1. The smallest absolute Gasteiger partial charge is 0.251 e. The van der Waals surface area contributed by atoms with E-state index in [-0.39, 0.29) is 16.2 Å². The van der Waals surface area contributed by atoms with Crippen LogP contribution in [-0.2, 0) is 10.0 Å². The van der Waals surface area contributed by atoms with Gasteiger partial charge in [-0.3, -0.25) is 4.79 Å². The highest BCUT2D eigenvalue weighted by atomic mass is 32.2. The maximum atomic E-state index is 12.0. The molecule has 0 aliphatic carbocycles. The van der Waals surface area contributed by atoms with Gasteiger partial charge in [0, 0.05) is 12.1 Å². The number of nitrogens with two attached hydrogens (primary N) is 1. The van der Waals surface area contributed by atoms with Crippen LogP contribution in [0.1, 0.15) is 43.1 Å². The molecule has 5 nitrogen and oxygen atoms in total. The Kier molecular flexibility index (Phi) is 4.94. The van der Waals surface area contributed by atoms with Crippen molar-refractivity contribution in [2.75, 3.05) is 6.54 Å². The number of benzene rings is 1. The average molecular weight is 298 g/mol. The SMILES string of the molecule is Cc1cc(C(=O)NCCC(C)(C)C)cc(S(N)(=O)=O)c1. The maximum absolute atomic E-state index is 12.0. The minimum Gasteiger partial charge on any atom is -0.352 e. The van der Waals surface area contributed by atoms with Crippen molar-refractivity contribution in [1.82, 2.24) is 5.32 Å². The molecule has 3 N–H and O–H groups in total. The lowest BCUT2D eigenvalue weighted by molar-refractivity contribution is 0.0949. The largest absolute Gasteiger partial charge is 0.352 e. The summed E-state index contributed by atoms with van der Waals surface area (Å²) in [6, 6.07) is 4.39. The van der Waals surface area contributed by atoms with Gasteiger partial charge in [0.15, 0.2) is 0 Å². The second-order valence-corrected chi connectivity index (χ2v) is 7.71. The van der Waals surface area contributed by atoms with Gasteiger partial charge in [-0.1, -0.05) is 20.8 Å². The van der Waals surface area contributed by atoms with Crippen LogP contribution in [0.15, 0.2) is 23.1 Å². The normalized spacial score (nSPS) is 12.2. The number of aryl methyl sites for hydroxylation is 1. The van der Waals surface area contributed by atoms with Gasteiger partial charge in [0.05, 0.1) is 4.90 Å². The number of sulfonamides is 1. The highest BCUT2D eigenvalue weighted by molar-refractivity contribution is 7.89. The average Bonchev–Trinajstić information content (AvgIpc) is 2.25. The molecule has 0 saturated heterocycles. The van der Waals surface area contributed by atoms with Crippen molar-refractivity contribution in [3.05, 3.63) is 29.3 Å². The predicted molar refractivity (Wildman–Crippen MR) is 79.0 cm³/mol. The summed E-state index contributed by atoms with van der Waals surface area (Å²) in [4.78, 5) is 12.0. The first-order valence-electron chi connectivity index (χ1n) is 6.42. The van der Waals surface area contributed by atoms with Crippen molar-refractivity contribution < 1.29 is 13.2 Å². The zero-order valence-corrected chi connectivity index (χ0v) is 13.2. The Labute approximate surface area is 120 Å². The van der Waals surface area contributed by atoms with Crippen LogP contribution in [0, 0.1) is 12.3 Å². The molecule has 0 aromatic heterocycles. The lowest BCUT2D eigenvalue weighted by Crippen LogP contribution is -2.27. The van der Waals surface area contributed by atoms with Gasteiger partial charge in [0.1, 0.15) is 0 Å². The van der Waals surface area contributed by atoms with Crippen LogP contribution in [0.4, 0.5) is 0 Å². The molecule has 0 radical (unpaired) electrons. The third-order valence-electron chi connectivity index (χ3n) is 2.80. The fraction of sp³-hybridized carbons (Fsp3) is 0.500. The Bertz CT molecular complexity index is 601. The van der Waals surface area contributed by atoms with Gasteiger partial charge in [0.25, 0.3) is 5.91 Å². The molecular formula is C14H22N2O3S. The second kappa shape index (κ2) is 5.93. The van der Waals surface area contributed by atoms with Crippen molar-refractivity contribution in [3.8, 4) is 0 Å². The molecule has 0 aliphatic rings. The molecule has 0 unspecified atom stereocenters. The Hall–Kier alpha value is -1.40. The summed E-state index contributed by atoms with van der Waals surface area (Å²) >= 11 is 0. The predicted octanol–water partition coefficient (Wildman–Crippen LogP) is 1.81. The molecule has 0 fully saturated rings. The summed E-state index contributed by atoms with van der Waals surface area (Å²) in [6.07, 6.45) is 0.840. The summed E-state index contributed by atoms with van der Waals surface area (Å²) in [6.45, 7) is 8.53. The number of primary sulfonamides is 1. The van der Waals surface area contributed by atoms with E-state index in [0.29, 0.717) is 17.7 Å². The highest BCUT2D eigenvalue weighted by Crippen LogP contribution is 2.17. The number of amides is 1. The number of hydrogen-bond acceptors (Lipinski definition) is 3. The first kappa shape index (κ1) is 16.7. The van der Waals surface area contributed by atoms with E-state index in [2.05, 4.69) is 26.1 Å². The van der Waals surface area contributed by atoms with E-state index in [0.717, 1.165) is 6.42 Å². The van der Waals surface area contributed by atoms with Gasteiger partial charge < -0.3 is 5.32 Å². The summed E-state index contributed by atoms with van der Waals surface area (Å²) in [5, 5.41) is 7.88. The van der Waals surface area contributed by atoms with Crippen molar-refractivity contribution >= 4 is 15.9 Å². The van der Waals surface area contributed by atoms with Gasteiger partial charge in [-0.2, -0.15) is 0 Å². The molecule has 0 saturated carbocycles. The minimum atomic E-state index is -3.81. The lowest BCUT2D eigenvalue weighted by atomic mass is 9.92. The third kappa shape index (κ3) is 5.30.